The molecule has 0 saturated heterocycles. The zero-order valence-electron chi connectivity index (χ0n) is 19.6. The van der Waals surface area contributed by atoms with Crippen LogP contribution in [0.4, 0.5) is 11.4 Å². The van der Waals surface area contributed by atoms with Crippen molar-refractivity contribution in [3.05, 3.63) is 81.2 Å². The lowest BCUT2D eigenvalue weighted by atomic mass is 10.1. The SMILES string of the molecule is CCN1C(=O)COc2ccc(C(=O)Cn3cnc4sc(C(=O)Nc5ccccc5)c(C)c4c3=O)cc21. The van der Waals surface area contributed by atoms with E-state index in [-0.39, 0.29) is 30.7 Å². The summed E-state index contributed by atoms with van der Waals surface area (Å²) in [4.78, 5) is 58.0. The van der Waals surface area contributed by atoms with Gasteiger partial charge in [-0.3, -0.25) is 23.7 Å². The Bertz CT molecular complexity index is 1570. The molecule has 0 aliphatic carbocycles. The number of carbonyl (C=O) groups excluding carboxylic acids is 3. The summed E-state index contributed by atoms with van der Waals surface area (Å²) in [7, 11) is 0. The summed E-state index contributed by atoms with van der Waals surface area (Å²) >= 11 is 1.13. The largest absolute Gasteiger partial charge is 0.482 e. The van der Waals surface area contributed by atoms with Crippen molar-refractivity contribution in [3.8, 4) is 5.75 Å². The average molecular weight is 503 g/mol. The average Bonchev–Trinajstić information content (AvgIpc) is 3.23. The van der Waals surface area contributed by atoms with Crippen LogP contribution in [0, 0.1) is 6.92 Å². The third kappa shape index (κ3) is 4.16. The van der Waals surface area contributed by atoms with Crippen molar-refractivity contribution in [3.63, 3.8) is 0 Å². The molecule has 1 aliphatic heterocycles. The summed E-state index contributed by atoms with van der Waals surface area (Å²) in [6.07, 6.45) is 1.32. The summed E-state index contributed by atoms with van der Waals surface area (Å²) < 4.78 is 6.70. The predicted octanol–water partition coefficient (Wildman–Crippen LogP) is 3.65. The van der Waals surface area contributed by atoms with Crippen LogP contribution in [-0.4, -0.2) is 40.3 Å². The molecular formula is C26H22N4O5S. The number of carbonyl (C=O) groups is 3. The zero-order valence-corrected chi connectivity index (χ0v) is 20.4. The topological polar surface area (TPSA) is 111 Å². The van der Waals surface area contributed by atoms with Gasteiger partial charge in [0.25, 0.3) is 17.4 Å². The van der Waals surface area contributed by atoms with Gasteiger partial charge in [0, 0.05) is 17.8 Å². The summed E-state index contributed by atoms with van der Waals surface area (Å²) in [5.74, 6) is -0.288. The van der Waals surface area contributed by atoms with Crippen molar-refractivity contribution < 1.29 is 19.1 Å². The Balaban J connectivity index is 1.43. The first-order chi connectivity index (χ1) is 17.4. The number of aryl methyl sites for hydroxylation is 1. The highest BCUT2D eigenvalue weighted by Crippen LogP contribution is 2.33. The fourth-order valence-corrected chi connectivity index (χ4v) is 5.20. The second-order valence-corrected chi connectivity index (χ2v) is 9.27. The molecular weight excluding hydrogens is 480 g/mol. The van der Waals surface area contributed by atoms with E-state index in [1.165, 1.54) is 10.9 Å². The normalized spacial score (nSPS) is 12.8. The molecule has 182 valence electrons. The quantitative estimate of drug-likeness (QED) is 0.403. The first-order valence-electron chi connectivity index (χ1n) is 11.3. The van der Waals surface area contributed by atoms with Crippen molar-refractivity contribution in [2.45, 2.75) is 20.4 Å². The molecule has 1 aliphatic rings. The van der Waals surface area contributed by atoms with Crippen molar-refractivity contribution >= 4 is 50.5 Å². The Morgan fingerprint density at radius 2 is 1.92 bits per heavy atom. The monoisotopic (exact) mass is 502 g/mol. The molecule has 3 heterocycles. The number of likely N-dealkylation sites (N-methyl/N-ethyl adjacent to an activating group) is 1. The smallest absolute Gasteiger partial charge is 0.266 e. The van der Waals surface area contributed by atoms with E-state index in [1.54, 1.807) is 42.2 Å². The lowest BCUT2D eigenvalue weighted by Gasteiger charge is -2.28. The summed E-state index contributed by atoms with van der Waals surface area (Å²) in [6, 6.07) is 13.9. The maximum Gasteiger partial charge on any atom is 0.266 e. The number of aromatic nitrogens is 2. The lowest BCUT2D eigenvalue weighted by molar-refractivity contribution is -0.121. The van der Waals surface area contributed by atoms with Gasteiger partial charge in [0.2, 0.25) is 0 Å². The number of nitrogens with one attached hydrogen (secondary N) is 1. The molecule has 0 fully saturated rings. The van der Waals surface area contributed by atoms with E-state index in [1.807, 2.05) is 25.1 Å². The molecule has 5 rings (SSSR count). The molecule has 10 heteroatoms. The Morgan fingerprint density at radius 3 is 2.67 bits per heavy atom. The van der Waals surface area contributed by atoms with E-state index in [2.05, 4.69) is 10.3 Å². The van der Waals surface area contributed by atoms with Gasteiger partial charge in [0.1, 0.15) is 10.6 Å². The number of anilines is 2. The number of ketones is 1. The van der Waals surface area contributed by atoms with Gasteiger partial charge in [-0.15, -0.1) is 11.3 Å². The van der Waals surface area contributed by atoms with Gasteiger partial charge in [-0.1, -0.05) is 18.2 Å². The van der Waals surface area contributed by atoms with Crippen LogP contribution in [0.15, 0.2) is 59.7 Å². The van der Waals surface area contributed by atoms with Crippen molar-refractivity contribution in [1.29, 1.82) is 0 Å². The van der Waals surface area contributed by atoms with Crippen LogP contribution in [0.5, 0.6) is 5.75 Å². The molecule has 0 atom stereocenters. The maximum atomic E-state index is 13.3. The van der Waals surface area contributed by atoms with Gasteiger partial charge in [-0.25, -0.2) is 4.98 Å². The molecule has 0 saturated carbocycles. The van der Waals surface area contributed by atoms with E-state index >= 15 is 0 Å². The first kappa shape index (κ1) is 23.4. The Hall–Kier alpha value is -4.31. The Morgan fingerprint density at radius 1 is 1.14 bits per heavy atom. The number of para-hydroxylation sites is 1. The minimum Gasteiger partial charge on any atom is -0.482 e. The van der Waals surface area contributed by atoms with Gasteiger partial charge >= 0.3 is 0 Å². The number of thiophene rings is 1. The highest BCUT2D eigenvalue weighted by atomic mass is 32.1. The standard InChI is InChI=1S/C26H22N4O5S/c1-3-30-18-11-16(9-10-20(18)35-13-21(30)32)19(31)12-29-14-27-25-22(26(29)34)15(2)23(36-25)24(33)28-17-7-5-4-6-8-17/h4-11,14H,3,12-13H2,1-2H3,(H,28,33). The van der Waals surface area contributed by atoms with Gasteiger partial charge in [0.05, 0.1) is 28.8 Å². The van der Waals surface area contributed by atoms with E-state index in [4.69, 9.17) is 4.74 Å². The van der Waals surface area contributed by atoms with E-state index in [9.17, 15) is 19.2 Å². The Labute approximate surface area is 209 Å². The first-order valence-corrected chi connectivity index (χ1v) is 12.1. The molecule has 0 unspecified atom stereocenters. The molecule has 4 aromatic rings. The lowest BCUT2D eigenvalue weighted by Crippen LogP contribution is -2.38. The zero-order chi connectivity index (χ0) is 25.4. The van der Waals surface area contributed by atoms with Crippen LogP contribution >= 0.6 is 11.3 Å². The third-order valence-corrected chi connectivity index (χ3v) is 7.21. The van der Waals surface area contributed by atoms with Gasteiger partial charge in [-0.05, 0) is 49.7 Å². The van der Waals surface area contributed by atoms with Crippen LogP contribution < -0.4 is 20.5 Å². The number of fused-ring (bicyclic) bond motifs is 2. The molecule has 0 spiro atoms. The Kier molecular flexibility index (Phi) is 6.11. The number of hydrogen-bond acceptors (Lipinski definition) is 7. The van der Waals surface area contributed by atoms with Crippen molar-refractivity contribution in [2.24, 2.45) is 0 Å². The highest BCUT2D eigenvalue weighted by Gasteiger charge is 2.26. The van der Waals surface area contributed by atoms with Crippen molar-refractivity contribution in [2.75, 3.05) is 23.4 Å². The number of benzene rings is 2. The number of Topliss-reactive ketones (excluding diaryl/α,β-unsaturated/α-hetero) is 1. The number of nitrogens with zero attached hydrogens (tertiary/aromatic N) is 3. The highest BCUT2D eigenvalue weighted by molar-refractivity contribution is 7.20. The van der Waals surface area contributed by atoms with Gasteiger partial charge in [-0.2, -0.15) is 0 Å². The minimum absolute atomic E-state index is 0.0411. The van der Waals surface area contributed by atoms with E-state index in [0.29, 0.717) is 49.9 Å². The number of rotatable bonds is 6. The van der Waals surface area contributed by atoms with Crippen LogP contribution in [-0.2, 0) is 11.3 Å². The van der Waals surface area contributed by atoms with Gasteiger partial charge < -0.3 is 15.0 Å². The van der Waals surface area contributed by atoms with Gasteiger partial charge in [0.15, 0.2) is 12.4 Å². The fourth-order valence-electron chi connectivity index (χ4n) is 4.17. The predicted molar refractivity (Wildman–Crippen MR) is 137 cm³/mol. The second kappa shape index (κ2) is 9.38. The summed E-state index contributed by atoms with van der Waals surface area (Å²) in [5, 5.41) is 3.14. The van der Waals surface area contributed by atoms with Crippen LogP contribution in [0.1, 0.15) is 32.5 Å². The molecule has 0 bridgehead atoms. The molecule has 2 amide bonds. The fraction of sp³-hybridized carbons (Fsp3) is 0.192. The number of ether oxygens (including phenoxy) is 1. The number of amides is 2. The molecule has 36 heavy (non-hydrogen) atoms. The molecule has 2 aromatic heterocycles. The van der Waals surface area contributed by atoms with E-state index in [0.717, 1.165) is 11.3 Å². The summed E-state index contributed by atoms with van der Waals surface area (Å²) in [5.41, 5.74) is 1.65. The summed E-state index contributed by atoms with van der Waals surface area (Å²) in [6.45, 7) is 3.72. The second-order valence-electron chi connectivity index (χ2n) is 8.27. The van der Waals surface area contributed by atoms with Crippen LogP contribution in [0.2, 0.25) is 0 Å². The van der Waals surface area contributed by atoms with E-state index < -0.39 is 5.56 Å². The number of hydrogen-bond donors (Lipinski definition) is 1. The molecule has 0 radical (unpaired) electrons. The van der Waals surface area contributed by atoms with Crippen LogP contribution in [0.3, 0.4) is 0 Å². The maximum absolute atomic E-state index is 13.3. The minimum atomic E-state index is -0.396. The third-order valence-electron chi connectivity index (χ3n) is 6.01. The molecule has 1 N–H and O–H groups in total. The molecule has 9 nitrogen and oxygen atoms in total. The molecule has 2 aromatic carbocycles. The van der Waals surface area contributed by atoms with Crippen LogP contribution in [0.25, 0.3) is 10.2 Å². The van der Waals surface area contributed by atoms with Crippen molar-refractivity contribution in [1.82, 2.24) is 9.55 Å².